The minimum atomic E-state index is 0.152. The van der Waals surface area contributed by atoms with Gasteiger partial charge in [0.15, 0.2) is 0 Å². The lowest BCUT2D eigenvalue weighted by Crippen LogP contribution is -2.54. The molecule has 3 heterocycles. The number of fused-ring (bicyclic) bond motifs is 2. The fourth-order valence-electron chi connectivity index (χ4n) is 4.62. The highest BCUT2D eigenvalue weighted by Crippen LogP contribution is 2.34. The van der Waals surface area contributed by atoms with E-state index in [1.807, 2.05) is 42.7 Å². The first-order chi connectivity index (χ1) is 15.1. The van der Waals surface area contributed by atoms with Crippen molar-refractivity contribution in [2.45, 2.75) is 25.9 Å². The SMILES string of the molecule is Cc1ccccc1N1/C(=N/C#N)N2CCN(c3cnc4ccc(Cl)cc4n3)CC2C1C. The van der Waals surface area contributed by atoms with Crippen molar-refractivity contribution in [1.82, 2.24) is 14.9 Å². The van der Waals surface area contributed by atoms with Gasteiger partial charge in [-0.05, 0) is 43.7 Å². The van der Waals surface area contributed by atoms with Crippen LogP contribution in [0.25, 0.3) is 11.0 Å². The Balaban J connectivity index is 1.48. The van der Waals surface area contributed by atoms with Crippen molar-refractivity contribution in [3.63, 3.8) is 0 Å². The van der Waals surface area contributed by atoms with Crippen LogP contribution in [0, 0.1) is 18.4 Å². The predicted octanol–water partition coefficient (Wildman–Crippen LogP) is 3.83. The van der Waals surface area contributed by atoms with Crippen LogP contribution in [0.15, 0.2) is 53.7 Å². The van der Waals surface area contributed by atoms with Crippen LogP contribution in [0.1, 0.15) is 12.5 Å². The van der Waals surface area contributed by atoms with E-state index in [2.05, 4.69) is 50.7 Å². The molecule has 0 aliphatic carbocycles. The lowest BCUT2D eigenvalue weighted by Gasteiger charge is -2.38. The molecule has 0 spiro atoms. The van der Waals surface area contributed by atoms with Gasteiger partial charge in [0.1, 0.15) is 5.82 Å². The summed E-state index contributed by atoms with van der Waals surface area (Å²) < 4.78 is 0. The molecular formula is C23H22ClN7. The summed E-state index contributed by atoms with van der Waals surface area (Å²) in [4.78, 5) is 20.3. The van der Waals surface area contributed by atoms with Gasteiger partial charge in [-0.2, -0.15) is 5.26 Å². The third kappa shape index (κ3) is 3.33. The van der Waals surface area contributed by atoms with E-state index in [-0.39, 0.29) is 12.1 Å². The highest BCUT2D eigenvalue weighted by molar-refractivity contribution is 6.31. The Morgan fingerprint density at radius 1 is 1.16 bits per heavy atom. The van der Waals surface area contributed by atoms with E-state index in [1.54, 1.807) is 0 Å². The maximum absolute atomic E-state index is 9.36. The molecule has 156 valence electrons. The van der Waals surface area contributed by atoms with Crippen LogP contribution in [-0.4, -0.2) is 52.5 Å². The maximum atomic E-state index is 9.36. The summed E-state index contributed by atoms with van der Waals surface area (Å²) in [7, 11) is 0. The summed E-state index contributed by atoms with van der Waals surface area (Å²) >= 11 is 6.15. The number of rotatable bonds is 2. The number of nitriles is 1. The number of para-hydroxylation sites is 1. The summed E-state index contributed by atoms with van der Waals surface area (Å²) in [6, 6.07) is 14.1. The van der Waals surface area contributed by atoms with Crippen molar-refractivity contribution in [2.75, 3.05) is 29.4 Å². The van der Waals surface area contributed by atoms with Crippen LogP contribution in [0.4, 0.5) is 11.5 Å². The topological polar surface area (TPSA) is 71.7 Å². The minimum absolute atomic E-state index is 0.152. The zero-order valence-electron chi connectivity index (χ0n) is 17.4. The van der Waals surface area contributed by atoms with Gasteiger partial charge in [-0.25, -0.2) is 4.98 Å². The zero-order valence-corrected chi connectivity index (χ0v) is 18.2. The van der Waals surface area contributed by atoms with Gasteiger partial charge >= 0.3 is 0 Å². The maximum Gasteiger partial charge on any atom is 0.217 e. The third-order valence-corrected chi connectivity index (χ3v) is 6.43. The van der Waals surface area contributed by atoms with Crippen molar-refractivity contribution in [3.05, 3.63) is 59.2 Å². The van der Waals surface area contributed by atoms with Crippen LogP contribution in [-0.2, 0) is 0 Å². The second-order valence-electron chi connectivity index (χ2n) is 7.98. The van der Waals surface area contributed by atoms with Gasteiger partial charge < -0.3 is 14.7 Å². The first-order valence-corrected chi connectivity index (χ1v) is 10.7. The lowest BCUT2D eigenvalue weighted by molar-refractivity contribution is 0.288. The van der Waals surface area contributed by atoms with E-state index >= 15 is 0 Å². The van der Waals surface area contributed by atoms with Crippen LogP contribution >= 0.6 is 11.6 Å². The molecule has 31 heavy (non-hydrogen) atoms. The van der Waals surface area contributed by atoms with Crippen LogP contribution in [0.2, 0.25) is 5.02 Å². The molecule has 5 rings (SSSR count). The van der Waals surface area contributed by atoms with Gasteiger partial charge in [0, 0.05) is 30.3 Å². The number of anilines is 2. The average Bonchev–Trinajstić information content (AvgIpc) is 3.05. The van der Waals surface area contributed by atoms with Crippen molar-refractivity contribution in [1.29, 1.82) is 5.26 Å². The zero-order chi connectivity index (χ0) is 21.5. The molecule has 0 radical (unpaired) electrons. The van der Waals surface area contributed by atoms with E-state index in [4.69, 9.17) is 16.6 Å². The highest BCUT2D eigenvalue weighted by atomic mass is 35.5. The van der Waals surface area contributed by atoms with Crippen LogP contribution in [0.3, 0.4) is 0 Å². The Morgan fingerprint density at radius 3 is 2.81 bits per heavy atom. The number of piperazine rings is 1. The van der Waals surface area contributed by atoms with Crippen molar-refractivity contribution in [3.8, 4) is 6.19 Å². The molecule has 3 aromatic rings. The molecule has 2 aliphatic heterocycles. The van der Waals surface area contributed by atoms with Crippen LogP contribution < -0.4 is 9.80 Å². The smallest absolute Gasteiger partial charge is 0.217 e. The predicted molar refractivity (Wildman–Crippen MR) is 123 cm³/mol. The second-order valence-corrected chi connectivity index (χ2v) is 8.41. The first kappa shape index (κ1) is 19.6. The number of halogens is 1. The van der Waals surface area contributed by atoms with Crippen molar-refractivity contribution >= 4 is 40.1 Å². The van der Waals surface area contributed by atoms with E-state index in [1.165, 1.54) is 0 Å². The fourth-order valence-corrected chi connectivity index (χ4v) is 4.79. The minimum Gasteiger partial charge on any atom is -0.351 e. The van der Waals surface area contributed by atoms with E-state index in [9.17, 15) is 5.26 Å². The fraction of sp³-hybridized carbons (Fsp3) is 0.304. The average molecular weight is 432 g/mol. The molecule has 2 atom stereocenters. The summed E-state index contributed by atoms with van der Waals surface area (Å²) in [6.45, 7) is 6.59. The molecule has 0 amide bonds. The van der Waals surface area contributed by atoms with Gasteiger partial charge in [0.2, 0.25) is 12.2 Å². The Hall–Kier alpha value is -3.37. The third-order valence-electron chi connectivity index (χ3n) is 6.20. The van der Waals surface area contributed by atoms with E-state index < -0.39 is 0 Å². The molecule has 2 unspecified atom stereocenters. The van der Waals surface area contributed by atoms with E-state index in [0.717, 1.165) is 53.7 Å². The molecule has 0 bridgehead atoms. The number of hydrogen-bond acceptors (Lipinski definition) is 5. The molecule has 0 N–H and O–H groups in total. The number of nitrogens with zero attached hydrogens (tertiary/aromatic N) is 7. The molecule has 0 saturated carbocycles. The number of benzene rings is 2. The van der Waals surface area contributed by atoms with Crippen molar-refractivity contribution < 1.29 is 0 Å². The Labute approximate surface area is 186 Å². The van der Waals surface area contributed by atoms with Gasteiger partial charge in [-0.3, -0.25) is 4.98 Å². The Bertz CT molecular complexity index is 1220. The molecule has 2 aliphatic rings. The summed E-state index contributed by atoms with van der Waals surface area (Å²) in [5, 5.41) is 10.0. The number of aryl methyl sites for hydroxylation is 1. The molecule has 2 saturated heterocycles. The molecule has 2 aromatic carbocycles. The lowest BCUT2D eigenvalue weighted by atomic mass is 10.1. The molecule has 1 aromatic heterocycles. The largest absolute Gasteiger partial charge is 0.351 e. The number of hydrogen-bond donors (Lipinski definition) is 0. The Kier molecular flexibility index (Phi) is 4.87. The van der Waals surface area contributed by atoms with Gasteiger partial charge in [-0.1, -0.05) is 29.8 Å². The summed E-state index contributed by atoms with van der Waals surface area (Å²) in [6.07, 6.45) is 3.84. The van der Waals surface area contributed by atoms with Gasteiger partial charge in [-0.15, -0.1) is 4.99 Å². The molecular weight excluding hydrogens is 410 g/mol. The van der Waals surface area contributed by atoms with Crippen LogP contribution in [0.5, 0.6) is 0 Å². The summed E-state index contributed by atoms with van der Waals surface area (Å²) in [5.74, 6) is 1.57. The highest BCUT2D eigenvalue weighted by Gasteiger charge is 2.45. The standard InChI is InChI=1S/C23H22ClN7/c1-15-5-3-4-6-20(15)31-16(2)21-13-29(9-10-30(21)23(31)27-14-25)22-12-26-18-8-7-17(24)11-19(18)28-22/h3-8,11-12,16,21H,9-10,13H2,1-2H3/b27-23+. The Morgan fingerprint density at radius 2 is 2.00 bits per heavy atom. The second kappa shape index (κ2) is 7.71. The normalized spacial score (nSPS) is 22.1. The quantitative estimate of drug-likeness (QED) is 0.574. The molecule has 7 nitrogen and oxygen atoms in total. The molecule has 2 fully saturated rings. The van der Waals surface area contributed by atoms with E-state index in [0.29, 0.717) is 5.02 Å². The monoisotopic (exact) mass is 431 g/mol. The number of guanidine groups is 1. The molecule has 8 heteroatoms. The first-order valence-electron chi connectivity index (χ1n) is 10.3. The summed E-state index contributed by atoms with van der Waals surface area (Å²) in [5.41, 5.74) is 3.87. The van der Waals surface area contributed by atoms with Gasteiger partial charge in [0.25, 0.3) is 0 Å². The van der Waals surface area contributed by atoms with Crippen molar-refractivity contribution in [2.24, 2.45) is 4.99 Å². The number of aliphatic imine (C=N–C) groups is 1. The number of aromatic nitrogens is 2. The van der Waals surface area contributed by atoms with Gasteiger partial charge in [0.05, 0.1) is 29.3 Å².